The van der Waals surface area contributed by atoms with Gasteiger partial charge in [0.1, 0.15) is 5.75 Å². The third-order valence-electron chi connectivity index (χ3n) is 2.91. The van der Waals surface area contributed by atoms with E-state index in [0.717, 1.165) is 25.2 Å². The molecule has 0 aliphatic rings. The fourth-order valence-corrected chi connectivity index (χ4v) is 2.34. The molecular formula is C16H25ClOS. The summed E-state index contributed by atoms with van der Waals surface area (Å²) in [6.45, 7) is 9.65. The average Bonchev–Trinajstić information content (AvgIpc) is 2.31. The second-order valence-corrected chi connectivity index (χ2v) is 7.87. The normalized spacial score (nSPS) is 13.4. The summed E-state index contributed by atoms with van der Waals surface area (Å²) in [5, 5.41) is 1.32. The van der Waals surface area contributed by atoms with E-state index in [-0.39, 0.29) is 5.41 Å². The lowest BCUT2D eigenvalue weighted by molar-refractivity contribution is 0.310. The molecule has 1 aromatic rings. The van der Waals surface area contributed by atoms with E-state index in [1.807, 2.05) is 17.8 Å². The van der Waals surface area contributed by atoms with Crippen LogP contribution in [0.3, 0.4) is 0 Å². The standard InChI is InChI=1S/C16H25ClOS/c1-12(19-5)8-9-18-15-10-13(6-7-14(15)17)11-16(2,3)4/h6-7,10,12H,8-9,11H2,1-5H3. The van der Waals surface area contributed by atoms with Crippen LogP contribution in [0.15, 0.2) is 18.2 Å². The van der Waals surface area contributed by atoms with Crippen LogP contribution in [0.2, 0.25) is 5.02 Å². The molecule has 1 nitrogen and oxygen atoms in total. The fraction of sp³-hybridized carbons (Fsp3) is 0.625. The van der Waals surface area contributed by atoms with Crippen LogP contribution < -0.4 is 4.74 Å². The predicted octanol–water partition coefficient (Wildman–Crippen LogP) is 5.45. The maximum Gasteiger partial charge on any atom is 0.138 e. The second-order valence-electron chi connectivity index (χ2n) is 6.19. The van der Waals surface area contributed by atoms with Gasteiger partial charge in [-0.15, -0.1) is 0 Å². The van der Waals surface area contributed by atoms with Gasteiger partial charge in [-0.3, -0.25) is 0 Å². The maximum absolute atomic E-state index is 6.19. The molecule has 0 saturated heterocycles. The first-order chi connectivity index (χ1) is 8.81. The predicted molar refractivity (Wildman–Crippen MR) is 87.7 cm³/mol. The van der Waals surface area contributed by atoms with Crippen molar-refractivity contribution < 1.29 is 4.74 Å². The molecule has 0 saturated carbocycles. The molecule has 19 heavy (non-hydrogen) atoms. The summed E-state index contributed by atoms with van der Waals surface area (Å²) in [6.07, 6.45) is 4.20. The number of halogens is 1. The van der Waals surface area contributed by atoms with E-state index in [9.17, 15) is 0 Å². The third-order valence-corrected chi connectivity index (χ3v) is 4.27. The zero-order valence-electron chi connectivity index (χ0n) is 12.6. The molecule has 0 aliphatic carbocycles. The molecular weight excluding hydrogens is 276 g/mol. The summed E-state index contributed by atoms with van der Waals surface area (Å²) in [6, 6.07) is 6.11. The van der Waals surface area contributed by atoms with Gasteiger partial charge in [-0.1, -0.05) is 45.4 Å². The van der Waals surface area contributed by atoms with Crippen LogP contribution in [0.25, 0.3) is 0 Å². The lowest BCUT2D eigenvalue weighted by Gasteiger charge is -2.19. The molecule has 0 aliphatic heterocycles. The van der Waals surface area contributed by atoms with E-state index in [0.29, 0.717) is 10.3 Å². The minimum Gasteiger partial charge on any atom is -0.492 e. The number of thioether (sulfide) groups is 1. The van der Waals surface area contributed by atoms with Gasteiger partial charge in [-0.05, 0) is 42.2 Å². The summed E-state index contributed by atoms with van der Waals surface area (Å²) in [7, 11) is 0. The lowest BCUT2D eigenvalue weighted by Crippen LogP contribution is -2.10. The van der Waals surface area contributed by atoms with Gasteiger partial charge in [0.25, 0.3) is 0 Å². The van der Waals surface area contributed by atoms with Gasteiger partial charge in [0.15, 0.2) is 0 Å². The van der Waals surface area contributed by atoms with Crippen molar-refractivity contribution in [2.75, 3.05) is 12.9 Å². The van der Waals surface area contributed by atoms with Crippen molar-refractivity contribution in [3.05, 3.63) is 28.8 Å². The van der Waals surface area contributed by atoms with Crippen molar-refractivity contribution in [2.45, 2.75) is 45.8 Å². The summed E-state index contributed by atoms with van der Waals surface area (Å²) < 4.78 is 5.82. The summed E-state index contributed by atoms with van der Waals surface area (Å²) in [5.41, 5.74) is 1.56. The van der Waals surface area contributed by atoms with E-state index in [1.165, 1.54) is 5.56 Å². The molecule has 1 unspecified atom stereocenters. The Morgan fingerprint density at radius 3 is 2.58 bits per heavy atom. The molecule has 1 rings (SSSR count). The molecule has 0 bridgehead atoms. The first-order valence-corrected chi connectivity index (χ1v) is 8.42. The van der Waals surface area contributed by atoms with E-state index in [4.69, 9.17) is 16.3 Å². The Labute approximate surface area is 127 Å². The second kappa shape index (κ2) is 7.44. The summed E-state index contributed by atoms with van der Waals surface area (Å²) >= 11 is 8.05. The van der Waals surface area contributed by atoms with Crippen molar-refractivity contribution in [3.63, 3.8) is 0 Å². The van der Waals surface area contributed by atoms with E-state index in [1.54, 1.807) is 0 Å². The monoisotopic (exact) mass is 300 g/mol. The van der Waals surface area contributed by atoms with E-state index >= 15 is 0 Å². The van der Waals surface area contributed by atoms with E-state index < -0.39 is 0 Å². The Morgan fingerprint density at radius 1 is 1.32 bits per heavy atom. The van der Waals surface area contributed by atoms with Gasteiger partial charge in [-0.2, -0.15) is 11.8 Å². The van der Waals surface area contributed by atoms with Gasteiger partial charge in [-0.25, -0.2) is 0 Å². The molecule has 108 valence electrons. The zero-order chi connectivity index (χ0) is 14.5. The largest absolute Gasteiger partial charge is 0.492 e. The minimum absolute atomic E-state index is 0.276. The molecule has 0 aromatic heterocycles. The molecule has 0 fully saturated rings. The van der Waals surface area contributed by atoms with Crippen LogP contribution >= 0.6 is 23.4 Å². The van der Waals surface area contributed by atoms with Crippen LogP contribution in [-0.2, 0) is 6.42 Å². The van der Waals surface area contributed by atoms with Crippen LogP contribution in [0.1, 0.15) is 39.7 Å². The van der Waals surface area contributed by atoms with Gasteiger partial charge < -0.3 is 4.74 Å². The smallest absolute Gasteiger partial charge is 0.138 e. The zero-order valence-corrected chi connectivity index (χ0v) is 14.2. The van der Waals surface area contributed by atoms with Crippen LogP contribution in [0.5, 0.6) is 5.75 Å². The maximum atomic E-state index is 6.19. The van der Waals surface area contributed by atoms with Gasteiger partial charge in [0, 0.05) is 5.25 Å². The van der Waals surface area contributed by atoms with Crippen molar-refractivity contribution in [2.24, 2.45) is 5.41 Å². The number of hydrogen-bond donors (Lipinski definition) is 0. The Bertz CT molecular complexity index is 398. The molecule has 1 aromatic carbocycles. The fourth-order valence-electron chi connectivity index (χ4n) is 1.83. The Hall–Kier alpha value is -0.340. The molecule has 1 atom stereocenters. The SMILES string of the molecule is CSC(C)CCOc1cc(CC(C)(C)C)ccc1Cl. The number of hydrogen-bond acceptors (Lipinski definition) is 2. The quantitative estimate of drug-likeness (QED) is 0.691. The summed E-state index contributed by atoms with van der Waals surface area (Å²) in [4.78, 5) is 0. The van der Waals surface area contributed by atoms with Gasteiger partial charge in [0.2, 0.25) is 0 Å². The summed E-state index contributed by atoms with van der Waals surface area (Å²) in [5.74, 6) is 0.816. The number of rotatable bonds is 6. The van der Waals surface area contributed by atoms with Crippen LogP contribution in [0.4, 0.5) is 0 Å². The van der Waals surface area contributed by atoms with Crippen molar-refractivity contribution >= 4 is 23.4 Å². The molecule has 0 heterocycles. The average molecular weight is 301 g/mol. The minimum atomic E-state index is 0.276. The first-order valence-electron chi connectivity index (χ1n) is 6.76. The van der Waals surface area contributed by atoms with Crippen LogP contribution in [0, 0.1) is 5.41 Å². The molecule has 0 spiro atoms. The Morgan fingerprint density at radius 2 is 2.00 bits per heavy atom. The van der Waals surface area contributed by atoms with Gasteiger partial charge in [0.05, 0.1) is 11.6 Å². The molecule has 0 radical (unpaired) electrons. The molecule has 0 amide bonds. The molecule has 0 N–H and O–H groups in total. The third kappa shape index (κ3) is 6.58. The highest BCUT2D eigenvalue weighted by Gasteiger charge is 2.13. The number of benzene rings is 1. The Balaban J connectivity index is 2.64. The number of ether oxygens (including phenoxy) is 1. The van der Waals surface area contributed by atoms with Gasteiger partial charge >= 0.3 is 0 Å². The topological polar surface area (TPSA) is 9.23 Å². The van der Waals surface area contributed by atoms with Crippen molar-refractivity contribution in [1.82, 2.24) is 0 Å². The van der Waals surface area contributed by atoms with Crippen molar-refractivity contribution in [1.29, 1.82) is 0 Å². The Kier molecular flexibility index (Phi) is 6.55. The van der Waals surface area contributed by atoms with Crippen LogP contribution in [-0.4, -0.2) is 18.1 Å². The highest BCUT2D eigenvalue weighted by molar-refractivity contribution is 7.99. The highest BCUT2D eigenvalue weighted by Crippen LogP contribution is 2.29. The lowest BCUT2D eigenvalue weighted by atomic mass is 9.88. The molecule has 3 heteroatoms. The van der Waals surface area contributed by atoms with E-state index in [2.05, 4.69) is 46.1 Å². The highest BCUT2D eigenvalue weighted by atomic mass is 35.5. The first kappa shape index (κ1) is 16.7. The van der Waals surface area contributed by atoms with Crippen molar-refractivity contribution in [3.8, 4) is 5.75 Å².